The van der Waals surface area contributed by atoms with Crippen molar-refractivity contribution in [2.24, 2.45) is 0 Å². The van der Waals surface area contributed by atoms with Crippen LogP contribution in [-0.4, -0.2) is 33.5 Å². The molecule has 83 valence electrons. The lowest BCUT2D eigenvalue weighted by Crippen LogP contribution is -2.27. The van der Waals surface area contributed by atoms with E-state index in [1.54, 1.807) is 14.2 Å². The van der Waals surface area contributed by atoms with Crippen molar-refractivity contribution >= 4 is 19.3 Å². The first kappa shape index (κ1) is 12.4. The Labute approximate surface area is 91.0 Å². The minimum Gasteiger partial charge on any atom is -0.419 e. The molecule has 1 aliphatic rings. The van der Waals surface area contributed by atoms with E-state index in [9.17, 15) is 0 Å². The van der Waals surface area contributed by atoms with Crippen molar-refractivity contribution in [1.82, 2.24) is 0 Å². The van der Waals surface area contributed by atoms with Gasteiger partial charge in [-0.05, 0) is 5.54 Å². The van der Waals surface area contributed by atoms with Crippen LogP contribution in [0.2, 0.25) is 5.54 Å². The zero-order valence-electron chi connectivity index (χ0n) is 9.25. The molecule has 0 aromatic rings. The summed E-state index contributed by atoms with van der Waals surface area (Å²) in [4.78, 5) is 0. The number of hydrogen-bond acceptors (Lipinski definition) is 3. The van der Waals surface area contributed by atoms with Gasteiger partial charge in [0.1, 0.15) is 0 Å². The Hall–Kier alpha value is 0.314. The summed E-state index contributed by atoms with van der Waals surface area (Å²) in [5.41, 5.74) is 0.864. The van der Waals surface area contributed by atoms with E-state index in [0.717, 1.165) is 5.54 Å². The topological polar surface area (TPSA) is 27.7 Å². The van der Waals surface area contributed by atoms with Gasteiger partial charge in [-0.1, -0.05) is 38.5 Å². The highest BCUT2D eigenvalue weighted by Crippen LogP contribution is 2.26. The molecule has 1 aliphatic carbocycles. The highest BCUT2D eigenvalue weighted by Gasteiger charge is 2.19. The van der Waals surface area contributed by atoms with Crippen LogP contribution >= 0.6 is 0 Å². The average Bonchev–Trinajstić information content (AvgIpc) is 2.48. The normalized spacial score (nSPS) is 20.8. The van der Waals surface area contributed by atoms with Gasteiger partial charge in [0.25, 0.3) is 0 Å². The van der Waals surface area contributed by atoms with Gasteiger partial charge in [0.2, 0.25) is 0 Å². The van der Waals surface area contributed by atoms with Crippen molar-refractivity contribution in [2.75, 3.05) is 14.2 Å². The van der Waals surface area contributed by atoms with E-state index in [-0.39, 0.29) is 0 Å². The van der Waals surface area contributed by atoms with E-state index in [1.807, 2.05) is 0 Å². The largest absolute Gasteiger partial charge is 0.565 e. The molecule has 0 aromatic carbocycles. The second kappa shape index (κ2) is 7.59. The van der Waals surface area contributed by atoms with Crippen molar-refractivity contribution < 1.29 is 13.0 Å². The van der Waals surface area contributed by atoms with Crippen molar-refractivity contribution in [3.8, 4) is 0 Å². The van der Waals surface area contributed by atoms with Crippen molar-refractivity contribution in [2.45, 2.75) is 44.1 Å². The zero-order valence-corrected chi connectivity index (χ0v) is 11.7. The Kier molecular flexibility index (Phi) is 6.71. The summed E-state index contributed by atoms with van der Waals surface area (Å²) in [5.74, 6) is 0. The quantitative estimate of drug-likeness (QED) is 0.532. The van der Waals surface area contributed by atoms with Gasteiger partial charge in [-0.2, -0.15) is 0 Å². The molecule has 0 heterocycles. The summed E-state index contributed by atoms with van der Waals surface area (Å²) in [6.45, 7) is 0. The Morgan fingerprint density at radius 2 is 1.57 bits per heavy atom. The summed E-state index contributed by atoms with van der Waals surface area (Å²) in [7, 11) is 1.53. The summed E-state index contributed by atoms with van der Waals surface area (Å²) in [6.07, 6.45) is 8.35. The van der Waals surface area contributed by atoms with Gasteiger partial charge in [0.15, 0.2) is 9.76 Å². The Bertz CT molecular complexity index is 134. The molecule has 0 atom stereocenters. The van der Waals surface area contributed by atoms with Crippen LogP contribution in [0.5, 0.6) is 0 Å². The minimum absolute atomic E-state index is 0.431. The molecule has 1 fully saturated rings. The lowest BCUT2D eigenvalue weighted by molar-refractivity contribution is 0.203. The zero-order chi connectivity index (χ0) is 10.2. The first-order valence-corrected chi connectivity index (χ1v) is 8.06. The SMILES string of the molecule is CO[Si](OC)O[SiH2]C1CCCCCC1. The summed E-state index contributed by atoms with van der Waals surface area (Å²) < 4.78 is 16.0. The third-order valence-electron chi connectivity index (χ3n) is 2.74. The van der Waals surface area contributed by atoms with Crippen LogP contribution in [0.25, 0.3) is 0 Å². The maximum atomic E-state index is 5.73. The summed E-state index contributed by atoms with van der Waals surface area (Å²) >= 11 is 0. The molecule has 14 heavy (non-hydrogen) atoms. The van der Waals surface area contributed by atoms with Gasteiger partial charge in [-0.3, -0.25) is 0 Å². The molecule has 3 nitrogen and oxygen atoms in total. The van der Waals surface area contributed by atoms with E-state index in [4.69, 9.17) is 13.0 Å². The van der Waals surface area contributed by atoms with Gasteiger partial charge >= 0.3 is 9.53 Å². The van der Waals surface area contributed by atoms with Gasteiger partial charge < -0.3 is 13.0 Å². The van der Waals surface area contributed by atoms with Crippen molar-refractivity contribution in [1.29, 1.82) is 0 Å². The fourth-order valence-corrected chi connectivity index (χ4v) is 5.42. The Morgan fingerprint density at radius 3 is 2.07 bits per heavy atom. The highest BCUT2D eigenvalue weighted by atomic mass is 28.4. The minimum atomic E-state index is -1.37. The third-order valence-corrected chi connectivity index (χ3v) is 6.31. The van der Waals surface area contributed by atoms with Crippen molar-refractivity contribution in [3.05, 3.63) is 0 Å². The highest BCUT2D eigenvalue weighted by molar-refractivity contribution is 6.48. The molecule has 0 saturated heterocycles. The molecule has 1 radical (unpaired) electrons. The van der Waals surface area contributed by atoms with E-state index in [1.165, 1.54) is 38.5 Å². The predicted molar refractivity (Wildman–Crippen MR) is 60.9 cm³/mol. The van der Waals surface area contributed by atoms with E-state index >= 15 is 0 Å². The molecule has 0 N–H and O–H groups in total. The third kappa shape index (κ3) is 4.70. The van der Waals surface area contributed by atoms with Crippen LogP contribution in [0.15, 0.2) is 0 Å². The number of hydrogen-bond donors (Lipinski definition) is 0. The van der Waals surface area contributed by atoms with Gasteiger partial charge in [-0.15, -0.1) is 0 Å². The molecular formula is C9H21O3Si2. The van der Waals surface area contributed by atoms with Gasteiger partial charge in [-0.25, -0.2) is 0 Å². The first-order valence-electron chi connectivity index (χ1n) is 5.44. The van der Waals surface area contributed by atoms with E-state index in [2.05, 4.69) is 0 Å². The van der Waals surface area contributed by atoms with Crippen LogP contribution in [0.1, 0.15) is 38.5 Å². The molecule has 5 heteroatoms. The standard InChI is InChI=1S/C9H21O3Si2/c1-10-14(11-2)12-13-9-7-5-3-4-6-8-9/h9H,3-8,13H2,1-2H3. The molecule has 1 saturated carbocycles. The second-order valence-electron chi connectivity index (χ2n) is 3.83. The van der Waals surface area contributed by atoms with Crippen molar-refractivity contribution in [3.63, 3.8) is 0 Å². The lowest BCUT2D eigenvalue weighted by atomic mass is 10.2. The fraction of sp³-hybridized carbons (Fsp3) is 1.00. The van der Waals surface area contributed by atoms with Crippen LogP contribution in [0, 0.1) is 0 Å². The number of rotatable bonds is 5. The molecule has 1 rings (SSSR count). The van der Waals surface area contributed by atoms with Crippen LogP contribution in [-0.2, 0) is 13.0 Å². The Morgan fingerprint density at radius 1 is 1.00 bits per heavy atom. The fourth-order valence-electron chi connectivity index (χ4n) is 1.92. The van der Waals surface area contributed by atoms with Crippen LogP contribution < -0.4 is 0 Å². The molecule has 0 amide bonds. The molecule has 0 aromatic heterocycles. The maximum absolute atomic E-state index is 5.73. The first-order chi connectivity index (χ1) is 6.86. The molecule has 0 bridgehead atoms. The second-order valence-corrected chi connectivity index (χ2v) is 7.79. The molecule has 0 aliphatic heterocycles. The molecular weight excluding hydrogens is 212 g/mol. The van der Waals surface area contributed by atoms with Crippen LogP contribution in [0.3, 0.4) is 0 Å². The molecule has 0 spiro atoms. The maximum Gasteiger partial charge on any atom is 0.565 e. The predicted octanol–water partition coefficient (Wildman–Crippen LogP) is 1.51. The lowest BCUT2D eigenvalue weighted by Gasteiger charge is -2.15. The van der Waals surface area contributed by atoms with Crippen LogP contribution in [0.4, 0.5) is 0 Å². The average molecular weight is 233 g/mol. The Balaban J connectivity index is 2.14. The van der Waals surface area contributed by atoms with Gasteiger partial charge in [0, 0.05) is 14.2 Å². The summed E-state index contributed by atoms with van der Waals surface area (Å²) in [6, 6.07) is 0. The molecule has 0 unspecified atom stereocenters. The van der Waals surface area contributed by atoms with Gasteiger partial charge in [0.05, 0.1) is 0 Å². The van der Waals surface area contributed by atoms with E-state index in [0.29, 0.717) is 0 Å². The monoisotopic (exact) mass is 233 g/mol. The van der Waals surface area contributed by atoms with E-state index < -0.39 is 19.3 Å². The summed E-state index contributed by atoms with van der Waals surface area (Å²) in [5, 5.41) is 0. The smallest absolute Gasteiger partial charge is 0.419 e.